The van der Waals surface area contributed by atoms with Crippen LogP contribution in [0.15, 0.2) is 0 Å². The molecule has 0 unspecified atom stereocenters. The van der Waals surface area contributed by atoms with Crippen molar-refractivity contribution in [1.29, 1.82) is 0 Å². The molecule has 1 N–H and O–H groups in total. The van der Waals surface area contributed by atoms with Crippen LogP contribution in [0.25, 0.3) is 0 Å². The minimum absolute atomic E-state index is 0.235. The number of nitrogens with zero attached hydrogens (tertiary/aromatic N) is 2. The molecule has 1 heterocycles. The van der Waals surface area contributed by atoms with Crippen LogP contribution in [0.1, 0.15) is 50.0 Å². The number of nitrogens with one attached hydrogen (secondary N) is 1. The van der Waals surface area contributed by atoms with Crippen molar-refractivity contribution in [3.8, 4) is 0 Å². The highest BCUT2D eigenvalue weighted by molar-refractivity contribution is 7.15. The summed E-state index contributed by atoms with van der Waals surface area (Å²) in [5, 5.41) is 9.24. The monoisotopic (exact) mass is 279 g/mol. The number of rotatable bonds is 2. The van der Waals surface area contributed by atoms with Crippen molar-refractivity contribution in [1.82, 2.24) is 10.2 Å². The molecule has 0 aromatic carbocycles. The van der Waals surface area contributed by atoms with E-state index >= 15 is 0 Å². The van der Waals surface area contributed by atoms with Crippen LogP contribution in [0, 0.1) is 0 Å². The number of alkyl halides is 3. The quantitative estimate of drug-likeness (QED) is 0.886. The maximum atomic E-state index is 12.4. The maximum Gasteiger partial charge on any atom is 0.445 e. The molecule has 0 aliphatic heterocycles. The molecule has 0 atom stereocenters. The summed E-state index contributed by atoms with van der Waals surface area (Å²) in [5.74, 6) is 0. The lowest BCUT2D eigenvalue weighted by Gasteiger charge is -2.20. The van der Waals surface area contributed by atoms with Gasteiger partial charge in [0.25, 0.3) is 0 Å². The number of hydrogen-bond acceptors (Lipinski definition) is 4. The first-order valence-corrected chi connectivity index (χ1v) is 7.04. The van der Waals surface area contributed by atoms with Gasteiger partial charge in [-0.3, -0.25) is 0 Å². The molecule has 1 aliphatic carbocycles. The maximum absolute atomic E-state index is 12.4. The van der Waals surface area contributed by atoms with Crippen molar-refractivity contribution in [3.63, 3.8) is 0 Å². The van der Waals surface area contributed by atoms with Crippen LogP contribution < -0.4 is 5.32 Å². The van der Waals surface area contributed by atoms with E-state index in [1.165, 1.54) is 19.3 Å². The molecule has 0 amide bonds. The van der Waals surface area contributed by atoms with Gasteiger partial charge in [-0.15, -0.1) is 10.2 Å². The Morgan fingerprint density at radius 1 is 1.00 bits per heavy atom. The summed E-state index contributed by atoms with van der Waals surface area (Å²) in [7, 11) is 0. The number of anilines is 1. The number of aromatic nitrogens is 2. The fourth-order valence-electron chi connectivity index (χ4n) is 2.17. The second-order valence-corrected chi connectivity index (χ2v) is 5.57. The van der Waals surface area contributed by atoms with Crippen molar-refractivity contribution in [2.75, 3.05) is 5.32 Å². The lowest BCUT2D eigenvalue weighted by atomic mass is 9.97. The molecule has 1 aromatic rings. The van der Waals surface area contributed by atoms with Crippen molar-refractivity contribution in [2.24, 2.45) is 0 Å². The van der Waals surface area contributed by atoms with E-state index in [0.717, 1.165) is 25.7 Å². The molecule has 7 heteroatoms. The van der Waals surface area contributed by atoms with Crippen molar-refractivity contribution < 1.29 is 13.2 Å². The largest absolute Gasteiger partial charge is 0.445 e. The van der Waals surface area contributed by atoms with Gasteiger partial charge in [-0.1, -0.05) is 43.4 Å². The Hall–Kier alpha value is -0.850. The summed E-state index contributed by atoms with van der Waals surface area (Å²) in [6.07, 6.45) is 3.56. The van der Waals surface area contributed by atoms with Gasteiger partial charge in [-0.25, -0.2) is 0 Å². The number of hydrogen-bond donors (Lipinski definition) is 1. The van der Waals surface area contributed by atoms with E-state index in [9.17, 15) is 13.2 Å². The lowest BCUT2D eigenvalue weighted by Crippen LogP contribution is -2.20. The molecule has 1 aliphatic rings. The molecule has 1 aromatic heterocycles. The van der Waals surface area contributed by atoms with E-state index in [1.807, 2.05) is 0 Å². The molecule has 2 rings (SSSR count). The van der Waals surface area contributed by atoms with Crippen LogP contribution in [-0.4, -0.2) is 16.2 Å². The van der Waals surface area contributed by atoms with Gasteiger partial charge in [0, 0.05) is 6.04 Å². The average Bonchev–Trinajstić information content (AvgIpc) is 2.69. The van der Waals surface area contributed by atoms with E-state index in [-0.39, 0.29) is 11.2 Å². The molecule has 0 spiro atoms. The van der Waals surface area contributed by atoms with Gasteiger partial charge >= 0.3 is 6.18 Å². The predicted molar refractivity (Wildman–Crippen MR) is 64.6 cm³/mol. The minimum Gasteiger partial charge on any atom is -0.357 e. The fraction of sp³-hybridized carbons (Fsp3) is 0.818. The zero-order chi connectivity index (χ0) is 13.0. The van der Waals surface area contributed by atoms with Gasteiger partial charge in [0.2, 0.25) is 10.1 Å². The Morgan fingerprint density at radius 3 is 2.17 bits per heavy atom. The van der Waals surface area contributed by atoms with Crippen molar-refractivity contribution in [3.05, 3.63) is 5.01 Å². The van der Waals surface area contributed by atoms with Crippen LogP contribution in [-0.2, 0) is 6.18 Å². The van der Waals surface area contributed by atoms with Crippen LogP contribution in [0.3, 0.4) is 0 Å². The van der Waals surface area contributed by atoms with E-state index in [0.29, 0.717) is 11.3 Å². The molecule has 3 nitrogen and oxygen atoms in total. The molecule has 102 valence electrons. The average molecular weight is 279 g/mol. The first-order valence-electron chi connectivity index (χ1n) is 6.23. The van der Waals surface area contributed by atoms with Gasteiger partial charge < -0.3 is 5.32 Å². The van der Waals surface area contributed by atoms with Crippen molar-refractivity contribution >= 4 is 16.5 Å². The minimum atomic E-state index is -4.39. The van der Waals surface area contributed by atoms with Gasteiger partial charge in [0.15, 0.2) is 0 Å². The predicted octanol–water partition coefficient (Wildman–Crippen LogP) is 4.08. The smallest absolute Gasteiger partial charge is 0.357 e. The van der Waals surface area contributed by atoms with E-state index in [4.69, 9.17) is 0 Å². The third kappa shape index (κ3) is 3.83. The van der Waals surface area contributed by atoms with Crippen LogP contribution in [0.4, 0.5) is 18.3 Å². The summed E-state index contributed by atoms with van der Waals surface area (Å²) in [4.78, 5) is 0. The zero-order valence-electron chi connectivity index (χ0n) is 9.96. The second-order valence-electron chi connectivity index (χ2n) is 4.60. The summed E-state index contributed by atoms with van der Waals surface area (Å²) in [5.41, 5.74) is 0. The molecular weight excluding hydrogens is 263 g/mol. The Bertz CT molecular complexity index is 370. The SMILES string of the molecule is FC(F)(F)c1nnc(NC2CCCCCCC2)s1. The Labute approximate surface area is 108 Å². The van der Waals surface area contributed by atoms with Crippen LogP contribution in [0.2, 0.25) is 0 Å². The Balaban J connectivity index is 1.93. The molecule has 0 radical (unpaired) electrons. The second kappa shape index (κ2) is 5.86. The summed E-state index contributed by atoms with van der Waals surface area (Å²) in [6, 6.07) is 0.235. The molecular formula is C11H16F3N3S. The fourth-order valence-corrected chi connectivity index (χ4v) is 2.86. The van der Waals surface area contributed by atoms with E-state index in [1.54, 1.807) is 0 Å². The van der Waals surface area contributed by atoms with Gasteiger partial charge in [-0.05, 0) is 12.8 Å². The standard InChI is InChI=1S/C11H16F3N3S/c12-11(13,14)9-16-17-10(18-9)15-8-6-4-2-1-3-5-7-8/h8H,1-7H2,(H,15,17). The summed E-state index contributed by atoms with van der Waals surface area (Å²) < 4.78 is 37.1. The summed E-state index contributed by atoms with van der Waals surface area (Å²) >= 11 is 0.587. The van der Waals surface area contributed by atoms with E-state index < -0.39 is 11.2 Å². The van der Waals surface area contributed by atoms with Crippen molar-refractivity contribution in [2.45, 2.75) is 57.2 Å². The first kappa shape index (κ1) is 13.6. The van der Waals surface area contributed by atoms with Crippen LogP contribution in [0.5, 0.6) is 0 Å². The lowest BCUT2D eigenvalue weighted by molar-refractivity contribution is -0.138. The third-order valence-electron chi connectivity index (χ3n) is 3.10. The highest BCUT2D eigenvalue weighted by Crippen LogP contribution is 2.33. The summed E-state index contributed by atoms with van der Waals surface area (Å²) in [6.45, 7) is 0. The van der Waals surface area contributed by atoms with Gasteiger partial charge in [-0.2, -0.15) is 13.2 Å². The van der Waals surface area contributed by atoms with Gasteiger partial charge in [0.1, 0.15) is 0 Å². The molecule has 1 fully saturated rings. The Kier molecular flexibility index (Phi) is 4.42. The van der Waals surface area contributed by atoms with Gasteiger partial charge in [0.05, 0.1) is 0 Å². The molecule has 18 heavy (non-hydrogen) atoms. The molecule has 0 saturated heterocycles. The van der Waals surface area contributed by atoms with E-state index in [2.05, 4.69) is 15.5 Å². The molecule has 1 saturated carbocycles. The first-order chi connectivity index (χ1) is 8.55. The highest BCUT2D eigenvalue weighted by Gasteiger charge is 2.35. The van der Waals surface area contributed by atoms with Crippen LogP contribution >= 0.6 is 11.3 Å². The normalized spacial score (nSPS) is 19.3. The number of halogens is 3. The highest BCUT2D eigenvalue weighted by atomic mass is 32.1. The zero-order valence-corrected chi connectivity index (χ0v) is 10.8. The molecule has 0 bridgehead atoms. The Morgan fingerprint density at radius 2 is 1.61 bits per heavy atom. The third-order valence-corrected chi connectivity index (χ3v) is 4.00. The topological polar surface area (TPSA) is 37.8 Å².